The summed E-state index contributed by atoms with van der Waals surface area (Å²) in [6, 6.07) is 0. The summed E-state index contributed by atoms with van der Waals surface area (Å²) in [7, 11) is 1.99. The summed E-state index contributed by atoms with van der Waals surface area (Å²) in [5.41, 5.74) is 0.140. The molecule has 0 amide bonds. The first-order chi connectivity index (χ1) is 6.68. The smallest absolute Gasteiger partial charge is 0.0448 e. The molecule has 0 saturated carbocycles. The normalized spacial score (nSPS) is 15.4. The molecule has 2 nitrogen and oxygen atoms in total. The summed E-state index contributed by atoms with van der Waals surface area (Å²) in [5.74, 6) is 0. The lowest BCUT2D eigenvalue weighted by Gasteiger charge is -2.28. The van der Waals surface area contributed by atoms with E-state index in [2.05, 4.69) is 19.2 Å². The predicted molar refractivity (Wildman–Crippen MR) is 62.5 cm³/mol. The molecule has 0 aromatic rings. The van der Waals surface area contributed by atoms with Gasteiger partial charge < -0.3 is 10.4 Å². The third kappa shape index (κ3) is 6.39. The molecule has 14 heavy (non-hydrogen) atoms. The minimum Gasteiger partial charge on any atom is -0.396 e. The lowest BCUT2D eigenvalue weighted by atomic mass is 9.91. The minimum atomic E-state index is 0.140. The second-order valence-corrected chi connectivity index (χ2v) is 4.45. The first-order valence-corrected chi connectivity index (χ1v) is 5.98. The Morgan fingerprint density at radius 2 is 1.71 bits per heavy atom. The number of rotatable bonds is 9. The van der Waals surface area contributed by atoms with Gasteiger partial charge in [-0.25, -0.2) is 0 Å². The van der Waals surface area contributed by atoms with Crippen molar-refractivity contribution in [3.63, 3.8) is 0 Å². The fourth-order valence-corrected chi connectivity index (χ4v) is 1.74. The number of hydrogen-bond donors (Lipinski definition) is 2. The highest BCUT2D eigenvalue weighted by atomic mass is 16.3. The van der Waals surface area contributed by atoms with E-state index in [1.165, 1.54) is 38.5 Å². The van der Waals surface area contributed by atoms with Gasteiger partial charge >= 0.3 is 0 Å². The first kappa shape index (κ1) is 13.9. The second-order valence-electron chi connectivity index (χ2n) is 4.45. The van der Waals surface area contributed by atoms with Crippen molar-refractivity contribution in [2.24, 2.45) is 0 Å². The van der Waals surface area contributed by atoms with Gasteiger partial charge in [0.05, 0.1) is 0 Å². The van der Waals surface area contributed by atoms with Gasteiger partial charge in [0, 0.05) is 12.1 Å². The molecule has 0 bridgehead atoms. The van der Waals surface area contributed by atoms with Gasteiger partial charge in [0.15, 0.2) is 0 Å². The predicted octanol–water partition coefficient (Wildman–Crippen LogP) is 2.71. The van der Waals surface area contributed by atoms with Crippen LogP contribution >= 0.6 is 0 Å². The van der Waals surface area contributed by atoms with Gasteiger partial charge in [0.1, 0.15) is 0 Å². The molecule has 0 aliphatic rings. The van der Waals surface area contributed by atoms with Gasteiger partial charge in [-0.1, -0.05) is 39.0 Å². The van der Waals surface area contributed by atoms with E-state index >= 15 is 0 Å². The molecule has 1 unspecified atom stereocenters. The van der Waals surface area contributed by atoms with E-state index in [9.17, 15) is 0 Å². The van der Waals surface area contributed by atoms with Crippen LogP contribution in [0.15, 0.2) is 0 Å². The van der Waals surface area contributed by atoms with E-state index in [0.717, 1.165) is 6.42 Å². The Balaban J connectivity index is 3.51. The summed E-state index contributed by atoms with van der Waals surface area (Å²) in [6.07, 6.45) is 8.66. The van der Waals surface area contributed by atoms with E-state index in [4.69, 9.17) is 5.11 Å². The first-order valence-electron chi connectivity index (χ1n) is 5.98. The quantitative estimate of drug-likeness (QED) is 0.562. The molecule has 86 valence electrons. The molecule has 0 aromatic heterocycles. The number of aliphatic hydroxyl groups is 1. The molecule has 0 rings (SSSR count). The van der Waals surface area contributed by atoms with Crippen LogP contribution < -0.4 is 5.32 Å². The third-order valence-electron chi connectivity index (χ3n) is 3.10. The molecule has 0 fully saturated rings. The van der Waals surface area contributed by atoms with Gasteiger partial charge in [-0.2, -0.15) is 0 Å². The highest BCUT2D eigenvalue weighted by Crippen LogP contribution is 2.18. The second kappa shape index (κ2) is 8.25. The molecule has 0 spiro atoms. The monoisotopic (exact) mass is 201 g/mol. The molecular weight excluding hydrogens is 174 g/mol. The molecule has 0 heterocycles. The van der Waals surface area contributed by atoms with Crippen molar-refractivity contribution in [1.82, 2.24) is 5.32 Å². The Labute approximate surface area is 89.1 Å². The van der Waals surface area contributed by atoms with E-state index in [1.807, 2.05) is 7.05 Å². The summed E-state index contributed by atoms with van der Waals surface area (Å²) in [6.45, 7) is 4.72. The van der Waals surface area contributed by atoms with Crippen molar-refractivity contribution in [3.05, 3.63) is 0 Å². The maximum absolute atomic E-state index is 8.93. The van der Waals surface area contributed by atoms with Crippen molar-refractivity contribution in [2.45, 2.75) is 64.3 Å². The molecule has 0 aliphatic carbocycles. The zero-order chi connectivity index (χ0) is 10.9. The molecule has 1 atom stereocenters. The number of nitrogens with one attached hydrogen (secondary N) is 1. The van der Waals surface area contributed by atoms with E-state index in [1.54, 1.807) is 0 Å². The molecule has 0 radical (unpaired) electrons. The Hall–Kier alpha value is -0.0800. The lowest BCUT2D eigenvalue weighted by Crippen LogP contribution is -2.40. The van der Waals surface area contributed by atoms with Crippen molar-refractivity contribution >= 4 is 0 Å². The zero-order valence-corrected chi connectivity index (χ0v) is 10.1. The lowest BCUT2D eigenvalue weighted by molar-refractivity contribution is 0.216. The van der Waals surface area contributed by atoms with Crippen LogP contribution in [-0.4, -0.2) is 24.3 Å². The van der Waals surface area contributed by atoms with Gasteiger partial charge in [-0.05, 0) is 26.8 Å². The average Bonchev–Trinajstić information content (AvgIpc) is 2.18. The van der Waals surface area contributed by atoms with Crippen molar-refractivity contribution < 1.29 is 5.11 Å². The summed E-state index contributed by atoms with van der Waals surface area (Å²) in [4.78, 5) is 0. The van der Waals surface area contributed by atoms with Crippen LogP contribution in [0.3, 0.4) is 0 Å². The zero-order valence-electron chi connectivity index (χ0n) is 10.1. The Kier molecular flexibility index (Phi) is 8.20. The maximum atomic E-state index is 8.93. The highest BCUT2D eigenvalue weighted by Gasteiger charge is 2.19. The van der Waals surface area contributed by atoms with E-state index in [-0.39, 0.29) is 12.1 Å². The van der Waals surface area contributed by atoms with Crippen LogP contribution in [0.1, 0.15) is 58.8 Å². The van der Waals surface area contributed by atoms with Crippen LogP contribution in [0.4, 0.5) is 0 Å². The van der Waals surface area contributed by atoms with Gasteiger partial charge in [-0.15, -0.1) is 0 Å². The van der Waals surface area contributed by atoms with Gasteiger partial charge in [-0.3, -0.25) is 0 Å². The summed E-state index contributed by atoms with van der Waals surface area (Å²) >= 11 is 0. The minimum absolute atomic E-state index is 0.140. The van der Waals surface area contributed by atoms with Crippen molar-refractivity contribution in [3.8, 4) is 0 Å². The Bertz CT molecular complexity index is 127. The number of unbranched alkanes of at least 4 members (excludes halogenated alkanes) is 4. The number of hydrogen-bond acceptors (Lipinski definition) is 2. The van der Waals surface area contributed by atoms with Crippen LogP contribution in [0.2, 0.25) is 0 Å². The van der Waals surface area contributed by atoms with Crippen molar-refractivity contribution in [1.29, 1.82) is 0 Å². The van der Waals surface area contributed by atoms with E-state index < -0.39 is 0 Å². The third-order valence-corrected chi connectivity index (χ3v) is 3.10. The fraction of sp³-hybridized carbons (Fsp3) is 1.00. The van der Waals surface area contributed by atoms with Crippen molar-refractivity contribution in [2.75, 3.05) is 13.7 Å². The molecule has 0 aliphatic heterocycles. The van der Waals surface area contributed by atoms with Gasteiger partial charge in [0.25, 0.3) is 0 Å². The Morgan fingerprint density at radius 3 is 2.21 bits per heavy atom. The number of aliphatic hydroxyl groups excluding tert-OH is 1. The van der Waals surface area contributed by atoms with Crippen LogP contribution in [-0.2, 0) is 0 Å². The van der Waals surface area contributed by atoms with Crippen LogP contribution in [0.5, 0.6) is 0 Å². The summed E-state index contributed by atoms with van der Waals surface area (Å²) in [5, 5.41) is 12.2. The largest absolute Gasteiger partial charge is 0.396 e. The van der Waals surface area contributed by atoms with E-state index in [0.29, 0.717) is 0 Å². The highest BCUT2D eigenvalue weighted by molar-refractivity contribution is 4.80. The Morgan fingerprint density at radius 1 is 1.07 bits per heavy atom. The molecule has 0 aromatic carbocycles. The summed E-state index contributed by atoms with van der Waals surface area (Å²) < 4.78 is 0. The molecule has 2 heteroatoms. The average molecular weight is 201 g/mol. The molecule has 0 saturated heterocycles. The van der Waals surface area contributed by atoms with Crippen LogP contribution in [0.25, 0.3) is 0 Å². The standard InChI is InChI=1S/C12H27NO/c1-4-5-6-7-8-9-12(2,13-3)10-11-14/h13-14H,4-11H2,1-3H3. The van der Waals surface area contributed by atoms with Gasteiger partial charge in [0.2, 0.25) is 0 Å². The molecular formula is C12H27NO. The SMILES string of the molecule is CCCCCCCC(C)(CCO)NC. The topological polar surface area (TPSA) is 32.3 Å². The molecule has 2 N–H and O–H groups in total. The fourth-order valence-electron chi connectivity index (χ4n) is 1.74. The van der Waals surface area contributed by atoms with Crippen LogP contribution in [0, 0.1) is 0 Å². The maximum Gasteiger partial charge on any atom is 0.0448 e.